The number of amides is 1. The molecule has 146 valence electrons. The second-order valence-corrected chi connectivity index (χ2v) is 7.63. The van der Waals surface area contributed by atoms with Gasteiger partial charge in [-0.3, -0.25) is 4.79 Å². The normalized spacial score (nSPS) is 11.0. The van der Waals surface area contributed by atoms with Crippen molar-refractivity contribution in [1.29, 1.82) is 0 Å². The van der Waals surface area contributed by atoms with Crippen LogP contribution in [0.25, 0.3) is 0 Å². The fourth-order valence-electron chi connectivity index (χ4n) is 3.20. The molecule has 0 aliphatic rings. The Balaban J connectivity index is 2.09. The summed E-state index contributed by atoms with van der Waals surface area (Å²) < 4.78 is 0. The predicted molar refractivity (Wildman–Crippen MR) is 112 cm³/mol. The van der Waals surface area contributed by atoms with Crippen LogP contribution in [0.2, 0.25) is 0 Å². The zero-order valence-corrected chi connectivity index (χ0v) is 16.9. The molecule has 0 atom stereocenters. The van der Waals surface area contributed by atoms with Crippen LogP contribution < -0.4 is 0 Å². The average molecular weight is 368 g/mol. The van der Waals surface area contributed by atoms with Gasteiger partial charge in [-0.15, -0.1) is 0 Å². The first-order valence-corrected chi connectivity index (χ1v) is 10.1. The van der Waals surface area contributed by atoms with E-state index < -0.39 is 0 Å². The number of benzene rings is 2. The molecular formula is C24H33NO2. The highest BCUT2D eigenvalue weighted by Crippen LogP contribution is 2.19. The first-order chi connectivity index (χ1) is 13.0. The number of hydrogen-bond acceptors (Lipinski definition) is 2. The van der Waals surface area contributed by atoms with Crippen molar-refractivity contribution in [3.05, 3.63) is 65.2 Å². The molecule has 0 fully saturated rings. The molecule has 27 heavy (non-hydrogen) atoms. The third kappa shape index (κ3) is 7.09. The Morgan fingerprint density at radius 1 is 0.963 bits per heavy atom. The molecule has 2 aromatic carbocycles. The maximum atomic E-state index is 12.8. The first-order valence-electron chi connectivity index (χ1n) is 10.1. The van der Waals surface area contributed by atoms with Crippen LogP contribution >= 0.6 is 0 Å². The fourth-order valence-corrected chi connectivity index (χ4v) is 3.20. The Morgan fingerprint density at radius 2 is 1.67 bits per heavy atom. The van der Waals surface area contributed by atoms with Gasteiger partial charge in [0.15, 0.2) is 0 Å². The minimum absolute atomic E-state index is 0.183. The lowest BCUT2D eigenvalue weighted by molar-refractivity contribution is -0.132. The summed E-state index contributed by atoms with van der Waals surface area (Å²) >= 11 is 0. The van der Waals surface area contributed by atoms with E-state index in [2.05, 4.69) is 45.0 Å². The van der Waals surface area contributed by atoms with Gasteiger partial charge in [-0.1, -0.05) is 76.4 Å². The Labute approximate surface area is 164 Å². The minimum Gasteiger partial charge on any atom is -0.508 e. The summed E-state index contributed by atoms with van der Waals surface area (Å²) in [5.74, 6) is 0.925. The molecule has 0 aromatic heterocycles. The van der Waals surface area contributed by atoms with Gasteiger partial charge in [0.1, 0.15) is 5.75 Å². The molecule has 0 unspecified atom stereocenters. The van der Waals surface area contributed by atoms with Gasteiger partial charge < -0.3 is 10.0 Å². The van der Waals surface area contributed by atoms with Crippen molar-refractivity contribution >= 4 is 5.91 Å². The summed E-state index contributed by atoms with van der Waals surface area (Å²) in [5, 5.41) is 9.73. The number of rotatable bonds is 10. The van der Waals surface area contributed by atoms with Crippen LogP contribution in [0.5, 0.6) is 5.75 Å². The summed E-state index contributed by atoms with van der Waals surface area (Å²) in [6.07, 6.45) is 4.98. The Kier molecular flexibility index (Phi) is 8.38. The highest BCUT2D eigenvalue weighted by atomic mass is 16.3. The number of carbonyl (C=O) groups is 1. The summed E-state index contributed by atoms with van der Waals surface area (Å²) in [6.45, 7) is 7.66. The van der Waals surface area contributed by atoms with E-state index in [-0.39, 0.29) is 11.7 Å². The van der Waals surface area contributed by atoms with Crippen molar-refractivity contribution in [1.82, 2.24) is 4.90 Å². The van der Waals surface area contributed by atoms with E-state index in [0.717, 1.165) is 24.0 Å². The molecule has 2 rings (SSSR count). The molecule has 2 aromatic rings. The van der Waals surface area contributed by atoms with E-state index in [0.29, 0.717) is 25.4 Å². The third-order valence-electron chi connectivity index (χ3n) is 4.90. The van der Waals surface area contributed by atoms with E-state index in [1.165, 1.54) is 18.4 Å². The van der Waals surface area contributed by atoms with Gasteiger partial charge >= 0.3 is 0 Å². The predicted octanol–water partition coefficient (Wildman–Crippen LogP) is 6.01. The summed E-state index contributed by atoms with van der Waals surface area (Å²) in [7, 11) is 0. The van der Waals surface area contributed by atoms with Crippen molar-refractivity contribution in [2.75, 3.05) is 0 Å². The van der Waals surface area contributed by atoms with Gasteiger partial charge in [0.25, 0.3) is 0 Å². The van der Waals surface area contributed by atoms with E-state index in [4.69, 9.17) is 0 Å². The molecule has 3 nitrogen and oxygen atoms in total. The average Bonchev–Trinajstić information content (AvgIpc) is 2.65. The van der Waals surface area contributed by atoms with Gasteiger partial charge in [0, 0.05) is 19.5 Å². The number of unbranched alkanes of at least 4 members (excludes halogenated alkanes) is 3. The monoisotopic (exact) mass is 367 g/mol. The lowest BCUT2D eigenvalue weighted by Crippen LogP contribution is -2.29. The summed E-state index contributed by atoms with van der Waals surface area (Å²) in [6, 6.07) is 15.7. The van der Waals surface area contributed by atoms with E-state index in [1.807, 2.05) is 17.0 Å². The SMILES string of the molecule is CCCCCCC(=O)N(Cc1ccc(C(C)C)cc1)Cc1cccc(O)c1. The van der Waals surface area contributed by atoms with Crippen LogP contribution in [0.1, 0.15) is 75.5 Å². The molecular weight excluding hydrogens is 334 g/mol. The van der Waals surface area contributed by atoms with Crippen LogP contribution in [-0.4, -0.2) is 15.9 Å². The standard InChI is InChI=1S/C24H33NO2/c1-4-5-6-7-11-24(27)25(18-21-9-8-10-23(26)16-21)17-20-12-14-22(15-13-20)19(2)3/h8-10,12-16,19,26H,4-7,11,17-18H2,1-3H3. The minimum atomic E-state index is 0.183. The smallest absolute Gasteiger partial charge is 0.223 e. The van der Waals surface area contributed by atoms with Crippen LogP contribution in [0.3, 0.4) is 0 Å². The molecule has 1 amide bonds. The largest absolute Gasteiger partial charge is 0.508 e. The lowest BCUT2D eigenvalue weighted by Gasteiger charge is -2.23. The zero-order chi connectivity index (χ0) is 19.6. The topological polar surface area (TPSA) is 40.5 Å². The van der Waals surface area contributed by atoms with Crippen LogP contribution in [0, 0.1) is 0 Å². The first kappa shape index (κ1) is 21.0. The van der Waals surface area contributed by atoms with E-state index >= 15 is 0 Å². The molecule has 0 radical (unpaired) electrons. The second-order valence-electron chi connectivity index (χ2n) is 7.63. The van der Waals surface area contributed by atoms with Gasteiger partial charge in [-0.25, -0.2) is 0 Å². The number of phenols is 1. The number of aromatic hydroxyl groups is 1. The molecule has 1 N–H and O–H groups in total. The fraction of sp³-hybridized carbons (Fsp3) is 0.458. The molecule has 0 aliphatic heterocycles. The maximum Gasteiger partial charge on any atom is 0.223 e. The number of nitrogens with zero attached hydrogens (tertiary/aromatic N) is 1. The van der Waals surface area contributed by atoms with E-state index in [1.54, 1.807) is 12.1 Å². The van der Waals surface area contributed by atoms with Crippen molar-refractivity contribution in [2.45, 2.75) is 71.9 Å². The third-order valence-corrected chi connectivity index (χ3v) is 4.90. The highest BCUT2D eigenvalue weighted by Gasteiger charge is 2.15. The lowest BCUT2D eigenvalue weighted by atomic mass is 10.0. The van der Waals surface area contributed by atoms with Crippen molar-refractivity contribution in [2.24, 2.45) is 0 Å². The van der Waals surface area contributed by atoms with Crippen LogP contribution in [0.15, 0.2) is 48.5 Å². The summed E-state index contributed by atoms with van der Waals surface area (Å²) in [5.41, 5.74) is 3.40. The van der Waals surface area contributed by atoms with Gasteiger partial charge in [-0.05, 0) is 41.2 Å². The zero-order valence-electron chi connectivity index (χ0n) is 16.9. The van der Waals surface area contributed by atoms with Gasteiger partial charge in [-0.2, -0.15) is 0 Å². The molecule has 0 spiro atoms. The summed E-state index contributed by atoms with van der Waals surface area (Å²) in [4.78, 5) is 14.7. The number of phenolic OH excluding ortho intramolecular Hbond substituents is 1. The van der Waals surface area contributed by atoms with Crippen molar-refractivity contribution < 1.29 is 9.90 Å². The molecule has 0 saturated heterocycles. The Bertz CT molecular complexity index is 707. The molecule has 0 bridgehead atoms. The number of carbonyl (C=O) groups excluding carboxylic acids is 1. The quantitative estimate of drug-likeness (QED) is 0.522. The Morgan fingerprint density at radius 3 is 2.30 bits per heavy atom. The Hall–Kier alpha value is -2.29. The number of hydrogen-bond donors (Lipinski definition) is 1. The molecule has 0 saturated carbocycles. The van der Waals surface area contributed by atoms with E-state index in [9.17, 15) is 9.90 Å². The highest BCUT2D eigenvalue weighted by molar-refractivity contribution is 5.76. The van der Waals surface area contributed by atoms with Crippen molar-refractivity contribution in [3.63, 3.8) is 0 Å². The van der Waals surface area contributed by atoms with Gasteiger partial charge in [0.2, 0.25) is 5.91 Å². The molecule has 3 heteroatoms. The van der Waals surface area contributed by atoms with Crippen molar-refractivity contribution in [3.8, 4) is 5.75 Å². The molecule has 0 heterocycles. The molecule has 0 aliphatic carbocycles. The maximum absolute atomic E-state index is 12.8. The second kappa shape index (κ2) is 10.8. The van der Waals surface area contributed by atoms with Crippen LogP contribution in [0.4, 0.5) is 0 Å². The van der Waals surface area contributed by atoms with Gasteiger partial charge in [0.05, 0.1) is 0 Å². The van der Waals surface area contributed by atoms with Crippen LogP contribution in [-0.2, 0) is 17.9 Å².